The second-order valence-corrected chi connectivity index (χ2v) is 6.98. The van der Waals surface area contributed by atoms with Gasteiger partial charge in [-0.15, -0.1) is 0 Å². The summed E-state index contributed by atoms with van der Waals surface area (Å²) in [7, 11) is 0. The normalized spacial score (nSPS) is 12.1. The number of para-hydroxylation sites is 1. The molecule has 6 nitrogen and oxygen atoms in total. The van der Waals surface area contributed by atoms with Crippen molar-refractivity contribution in [1.29, 1.82) is 0 Å². The van der Waals surface area contributed by atoms with Crippen LogP contribution in [0, 0.1) is 0 Å². The van der Waals surface area contributed by atoms with Crippen molar-refractivity contribution in [2.24, 2.45) is 0 Å². The van der Waals surface area contributed by atoms with Gasteiger partial charge in [0.2, 0.25) is 12.7 Å². The highest BCUT2D eigenvalue weighted by Gasteiger charge is 2.15. The zero-order valence-corrected chi connectivity index (χ0v) is 16.8. The van der Waals surface area contributed by atoms with E-state index in [0.29, 0.717) is 18.0 Å². The van der Waals surface area contributed by atoms with Gasteiger partial charge in [-0.25, -0.2) is 0 Å². The second kappa shape index (κ2) is 9.33. The Hall–Kier alpha value is -3.51. The molecule has 1 N–H and O–H groups in total. The molecule has 30 heavy (non-hydrogen) atoms. The van der Waals surface area contributed by atoms with Gasteiger partial charge in [-0.2, -0.15) is 0 Å². The number of likely N-dealkylation sites (N-methyl/N-ethyl adjacent to an activating group) is 1. The highest BCUT2D eigenvalue weighted by molar-refractivity contribution is 5.92. The first-order valence-corrected chi connectivity index (χ1v) is 9.93. The summed E-state index contributed by atoms with van der Waals surface area (Å²) in [5.74, 6) is 2.86. The summed E-state index contributed by atoms with van der Waals surface area (Å²) >= 11 is 0. The number of ether oxygens (including phenoxy) is 3. The Morgan fingerprint density at radius 1 is 0.967 bits per heavy atom. The molecule has 0 aromatic heterocycles. The number of nitrogens with one attached hydrogen (secondary N) is 1. The number of anilines is 1. The molecule has 0 saturated heterocycles. The lowest BCUT2D eigenvalue weighted by atomic mass is 10.2. The molecular weight excluding hydrogens is 380 g/mol. The molecule has 1 aliphatic heterocycles. The van der Waals surface area contributed by atoms with Crippen molar-refractivity contribution in [3.63, 3.8) is 0 Å². The number of benzene rings is 3. The number of hydrogen-bond donors (Lipinski definition) is 1. The van der Waals surface area contributed by atoms with Gasteiger partial charge in [-0.1, -0.05) is 37.3 Å². The van der Waals surface area contributed by atoms with Gasteiger partial charge in [0.15, 0.2) is 11.5 Å². The van der Waals surface area contributed by atoms with Crippen LogP contribution in [0.25, 0.3) is 0 Å². The molecule has 0 atom stereocenters. The van der Waals surface area contributed by atoms with E-state index < -0.39 is 0 Å². The third-order valence-electron chi connectivity index (χ3n) is 4.75. The average Bonchev–Trinajstić information content (AvgIpc) is 3.22. The lowest BCUT2D eigenvalue weighted by Gasteiger charge is -2.20. The standard InChI is InChI=1S/C24H24N2O4/c1-2-26(15-18-11-12-22-23(13-18)29-17-28-22)16-24(27)25-19-7-6-10-21(14-19)30-20-8-4-3-5-9-20/h3-14H,2,15-17H2,1H3,(H,25,27). The maximum Gasteiger partial charge on any atom is 0.238 e. The predicted octanol–water partition coefficient (Wildman–Crippen LogP) is 4.67. The Balaban J connectivity index is 1.34. The number of rotatable bonds is 8. The molecule has 0 fully saturated rings. The smallest absolute Gasteiger partial charge is 0.238 e. The first-order chi connectivity index (χ1) is 14.7. The van der Waals surface area contributed by atoms with E-state index in [0.717, 1.165) is 29.4 Å². The molecule has 1 amide bonds. The summed E-state index contributed by atoms with van der Waals surface area (Å²) in [6, 6.07) is 22.8. The third kappa shape index (κ3) is 5.10. The Morgan fingerprint density at radius 2 is 1.77 bits per heavy atom. The lowest BCUT2D eigenvalue weighted by molar-refractivity contribution is -0.117. The maximum absolute atomic E-state index is 12.6. The summed E-state index contributed by atoms with van der Waals surface area (Å²) in [5, 5.41) is 2.96. The van der Waals surface area contributed by atoms with E-state index >= 15 is 0 Å². The monoisotopic (exact) mass is 404 g/mol. The van der Waals surface area contributed by atoms with E-state index in [1.807, 2.05) is 79.7 Å². The Morgan fingerprint density at radius 3 is 2.60 bits per heavy atom. The molecule has 3 aromatic carbocycles. The van der Waals surface area contributed by atoms with E-state index in [-0.39, 0.29) is 19.2 Å². The highest BCUT2D eigenvalue weighted by atomic mass is 16.7. The largest absolute Gasteiger partial charge is 0.457 e. The minimum absolute atomic E-state index is 0.0746. The highest BCUT2D eigenvalue weighted by Crippen LogP contribution is 2.32. The fourth-order valence-corrected chi connectivity index (χ4v) is 3.24. The van der Waals surface area contributed by atoms with Crippen molar-refractivity contribution in [2.45, 2.75) is 13.5 Å². The van der Waals surface area contributed by atoms with Gasteiger partial charge >= 0.3 is 0 Å². The Kier molecular flexibility index (Phi) is 6.15. The third-order valence-corrected chi connectivity index (χ3v) is 4.75. The van der Waals surface area contributed by atoms with Gasteiger partial charge in [0.1, 0.15) is 11.5 Å². The molecule has 0 aliphatic carbocycles. The number of hydrogen-bond acceptors (Lipinski definition) is 5. The van der Waals surface area contributed by atoms with Crippen molar-refractivity contribution in [1.82, 2.24) is 4.90 Å². The molecule has 1 heterocycles. The maximum atomic E-state index is 12.6. The molecule has 0 saturated carbocycles. The number of carbonyl (C=O) groups is 1. The minimum atomic E-state index is -0.0746. The van der Waals surface area contributed by atoms with Crippen LogP contribution in [0.1, 0.15) is 12.5 Å². The zero-order chi connectivity index (χ0) is 20.8. The quantitative estimate of drug-likeness (QED) is 0.591. The van der Waals surface area contributed by atoms with Crippen LogP contribution in [-0.4, -0.2) is 30.7 Å². The predicted molar refractivity (Wildman–Crippen MR) is 115 cm³/mol. The van der Waals surface area contributed by atoms with Gasteiger partial charge in [-0.05, 0) is 48.5 Å². The van der Waals surface area contributed by atoms with Crippen LogP contribution < -0.4 is 19.5 Å². The lowest BCUT2D eigenvalue weighted by Crippen LogP contribution is -2.32. The van der Waals surface area contributed by atoms with Gasteiger partial charge in [-0.3, -0.25) is 9.69 Å². The Labute approximate surface area is 176 Å². The van der Waals surface area contributed by atoms with Crippen LogP contribution in [0.4, 0.5) is 5.69 Å². The minimum Gasteiger partial charge on any atom is -0.457 e. The van der Waals surface area contributed by atoms with Crippen molar-refractivity contribution in [3.8, 4) is 23.0 Å². The van der Waals surface area contributed by atoms with Crippen molar-refractivity contribution < 1.29 is 19.0 Å². The van der Waals surface area contributed by atoms with E-state index in [2.05, 4.69) is 10.2 Å². The van der Waals surface area contributed by atoms with Crippen molar-refractivity contribution in [3.05, 3.63) is 78.4 Å². The van der Waals surface area contributed by atoms with Crippen molar-refractivity contribution in [2.75, 3.05) is 25.2 Å². The van der Waals surface area contributed by atoms with E-state index in [1.54, 1.807) is 0 Å². The van der Waals surface area contributed by atoms with E-state index in [9.17, 15) is 4.79 Å². The molecule has 154 valence electrons. The van der Waals surface area contributed by atoms with Crippen LogP contribution in [0.3, 0.4) is 0 Å². The zero-order valence-electron chi connectivity index (χ0n) is 16.8. The van der Waals surface area contributed by atoms with Crippen LogP contribution in [0.15, 0.2) is 72.8 Å². The van der Waals surface area contributed by atoms with E-state index in [1.165, 1.54) is 0 Å². The fraction of sp³-hybridized carbons (Fsp3) is 0.208. The second-order valence-electron chi connectivity index (χ2n) is 6.98. The molecule has 0 spiro atoms. The van der Waals surface area contributed by atoms with Gasteiger partial charge in [0, 0.05) is 18.3 Å². The summed E-state index contributed by atoms with van der Waals surface area (Å²) in [6.45, 7) is 3.98. The molecule has 3 aromatic rings. The topological polar surface area (TPSA) is 60.0 Å². The molecule has 0 radical (unpaired) electrons. The molecule has 0 unspecified atom stereocenters. The molecular formula is C24H24N2O4. The molecule has 1 aliphatic rings. The summed E-state index contributed by atoms with van der Waals surface area (Å²) in [4.78, 5) is 14.7. The first kappa shape index (κ1) is 19.8. The summed E-state index contributed by atoms with van der Waals surface area (Å²) in [5.41, 5.74) is 1.78. The number of nitrogens with zero attached hydrogens (tertiary/aromatic N) is 1. The number of carbonyl (C=O) groups excluding carboxylic acids is 1. The molecule has 4 rings (SSSR count). The van der Waals surface area contributed by atoms with Crippen LogP contribution in [-0.2, 0) is 11.3 Å². The Bertz CT molecular complexity index is 1010. The molecule has 0 bridgehead atoms. The molecule has 6 heteroatoms. The van der Waals surface area contributed by atoms with E-state index in [4.69, 9.17) is 14.2 Å². The average molecular weight is 404 g/mol. The van der Waals surface area contributed by atoms with Crippen LogP contribution in [0.5, 0.6) is 23.0 Å². The van der Waals surface area contributed by atoms with Crippen LogP contribution >= 0.6 is 0 Å². The summed E-state index contributed by atoms with van der Waals surface area (Å²) < 4.78 is 16.6. The fourth-order valence-electron chi connectivity index (χ4n) is 3.24. The van der Waals surface area contributed by atoms with Crippen molar-refractivity contribution >= 4 is 11.6 Å². The number of fused-ring (bicyclic) bond motifs is 1. The van der Waals surface area contributed by atoms with Gasteiger partial charge < -0.3 is 19.5 Å². The van der Waals surface area contributed by atoms with Crippen LogP contribution in [0.2, 0.25) is 0 Å². The van der Waals surface area contributed by atoms with Gasteiger partial charge in [0.25, 0.3) is 0 Å². The number of amides is 1. The van der Waals surface area contributed by atoms with Gasteiger partial charge in [0.05, 0.1) is 6.54 Å². The summed E-state index contributed by atoms with van der Waals surface area (Å²) in [6.07, 6.45) is 0. The first-order valence-electron chi connectivity index (χ1n) is 9.93. The SMILES string of the molecule is CCN(CC(=O)Nc1cccc(Oc2ccccc2)c1)Cc1ccc2c(c1)OCO2.